The standard InChI is InChI=1S/C10H14N4O3.C7H8O3S/c1-16-8-3-7(4-9(5-8)17-2)6-12-13-10(11)14-15;1-6-2-4-7(5-3-6)11(8,9)10/h3-6,15H,1-2H3,(H3,11,13,14);2-5H,1H3,(H,8,9,10)/b12-6+;. The van der Waals surface area contributed by atoms with E-state index < -0.39 is 10.1 Å². The summed E-state index contributed by atoms with van der Waals surface area (Å²) in [6.45, 7) is 1.84. The Labute approximate surface area is 163 Å². The number of nitrogens with zero attached hydrogens (tertiary/aromatic N) is 1. The van der Waals surface area contributed by atoms with Crippen LogP contribution >= 0.6 is 0 Å². The van der Waals surface area contributed by atoms with Crippen molar-refractivity contribution < 1.29 is 27.7 Å². The number of methoxy groups -OCH3 is 2. The van der Waals surface area contributed by atoms with E-state index in [9.17, 15) is 8.42 Å². The SMILES string of the molecule is COc1cc(/C=N/NC(=N)NO)cc(OC)c1.Cc1ccc(S(=O)(=O)O)cc1. The number of hydroxylamine groups is 1. The fourth-order valence-electron chi connectivity index (χ4n) is 1.81. The summed E-state index contributed by atoms with van der Waals surface area (Å²) in [6.07, 6.45) is 1.47. The Balaban J connectivity index is 0.000000307. The number of rotatable bonds is 5. The second-order valence-electron chi connectivity index (χ2n) is 5.29. The van der Waals surface area contributed by atoms with E-state index in [4.69, 9.17) is 24.6 Å². The van der Waals surface area contributed by atoms with Gasteiger partial charge in [-0.2, -0.15) is 13.5 Å². The van der Waals surface area contributed by atoms with E-state index in [1.807, 2.05) is 6.92 Å². The zero-order chi connectivity index (χ0) is 21.2. The van der Waals surface area contributed by atoms with Gasteiger partial charge in [0.2, 0.25) is 5.96 Å². The zero-order valence-electron chi connectivity index (χ0n) is 15.5. The molecule has 0 heterocycles. The van der Waals surface area contributed by atoms with E-state index in [-0.39, 0.29) is 10.9 Å². The van der Waals surface area contributed by atoms with Gasteiger partial charge in [0.05, 0.1) is 25.3 Å². The highest BCUT2D eigenvalue weighted by Gasteiger charge is 2.06. The summed E-state index contributed by atoms with van der Waals surface area (Å²) in [5.74, 6) is 0.957. The number of nitrogens with one attached hydrogen (secondary N) is 3. The van der Waals surface area contributed by atoms with Gasteiger partial charge in [-0.15, -0.1) is 0 Å². The summed E-state index contributed by atoms with van der Waals surface area (Å²) >= 11 is 0. The molecular weight excluding hydrogens is 388 g/mol. The van der Waals surface area contributed by atoms with Crippen LogP contribution in [0.1, 0.15) is 11.1 Å². The average molecular weight is 410 g/mol. The monoisotopic (exact) mass is 410 g/mol. The number of hydrazone groups is 1. The summed E-state index contributed by atoms with van der Waals surface area (Å²) in [5.41, 5.74) is 5.56. The molecule has 2 aromatic rings. The third-order valence-electron chi connectivity index (χ3n) is 3.19. The molecular formula is C17H22N4O6S. The fraction of sp³-hybridized carbons (Fsp3) is 0.176. The first-order valence-electron chi connectivity index (χ1n) is 7.74. The van der Waals surface area contributed by atoms with Crippen molar-refractivity contribution in [3.05, 3.63) is 53.6 Å². The Kier molecular flexibility index (Phi) is 8.88. The topological polar surface area (TPSA) is 153 Å². The molecule has 5 N–H and O–H groups in total. The molecule has 0 aliphatic carbocycles. The fourth-order valence-corrected chi connectivity index (χ4v) is 2.29. The van der Waals surface area contributed by atoms with Crippen LogP contribution in [0.4, 0.5) is 0 Å². The minimum Gasteiger partial charge on any atom is -0.497 e. The van der Waals surface area contributed by atoms with Gasteiger partial charge in [0, 0.05) is 11.6 Å². The van der Waals surface area contributed by atoms with E-state index in [0.29, 0.717) is 11.5 Å². The number of hydrogen-bond acceptors (Lipinski definition) is 7. The lowest BCUT2D eigenvalue weighted by Gasteiger charge is -2.05. The molecule has 0 fully saturated rings. The normalized spacial score (nSPS) is 10.6. The summed E-state index contributed by atoms with van der Waals surface area (Å²) in [5, 5.41) is 19.1. The molecule has 0 saturated heterocycles. The average Bonchev–Trinajstić information content (AvgIpc) is 2.67. The number of hydrogen-bond donors (Lipinski definition) is 5. The second kappa shape index (κ2) is 10.9. The highest BCUT2D eigenvalue weighted by molar-refractivity contribution is 7.85. The van der Waals surface area contributed by atoms with Crippen LogP contribution in [0.25, 0.3) is 0 Å². The van der Waals surface area contributed by atoms with Crippen molar-refractivity contribution in [3.8, 4) is 11.5 Å². The van der Waals surface area contributed by atoms with E-state index in [2.05, 4.69) is 10.5 Å². The van der Waals surface area contributed by atoms with Crippen LogP contribution in [-0.2, 0) is 10.1 Å². The Bertz CT molecular complexity index is 891. The molecule has 0 bridgehead atoms. The Morgan fingerprint density at radius 1 is 1.11 bits per heavy atom. The van der Waals surface area contributed by atoms with Crippen LogP contribution in [0.5, 0.6) is 11.5 Å². The maximum absolute atomic E-state index is 10.5. The summed E-state index contributed by atoms with van der Waals surface area (Å²) < 4.78 is 39.7. The van der Waals surface area contributed by atoms with E-state index >= 15 is 0 Å². The number of benzene rings is 2. The minimum atomic E-state index is -4.02. The highest BCUT2D eigenvalue weighted by atomic mass is 32.2. The number of guanidine groups is 1. The predicted octanol–water partition coefficient (Wildman–Crippen LogP) is 1.78. The van der Waals surface area contributed by atoms with Crippen LogP contribution in [0, 0.1) is 12.3 Å². The van der Waals surface area contributed by atoms with Crippen LogP contribution in [0.15, 0.2) is 52.5 Å². The van der Waals surface area contributed by atoms with Crippen molar-refractivity contribution in [1.29, 1.82) is 5.41 Å². The van der Waals surface area contributed by atoms with Crippen molar-refractivity contribution in [3.63, 3.8) is 0 Å². The molecule has 0 spiro atoms. The maximum Gasteiger partial charge on any atom is 0.294 e. The lowest BCUT2D eigenvalue weighted by Crippen LogP contribution is -2.30. The van der Waals surface area contributed by atoms with Gasteiger partial charge in [-0.1, -0.05) is 17.7 Å². The quantitative estimate of drug-likeness (QED) is 0.216. The summed E-state index contributed by atoms with van der Waals surface area (Å²) in [4.78, 5) is -0.0666. The second-order valence-corrected chi connectivity index (χ2v) is 6.71. The third-order valence-corrected chi connectivity index (χ3v) is 4.06. The predicted molar refractivity (Wildman–Crippen MR) is 104 cm³/mol. The van der Waals surface area contributed by atoms with Gasteiger partial charge < -0.3 is 9.47 Å². The molecule has 0 saturated carbocycles. The van der Waals surface area contributed by atoms with Gasteiger partial charge in [-0.3, -0.25) is 15.2 Å². The van der Waals surface area contributed by atoms with Crippen molar-refractivity contribution >= 4 is 22.3 Å². The molecule has 10 nitrogen and oxygen atoms in total. The molecule has 0 aliphatic rings. The van der Waals surface area contributed by atoms with Crippen molar-refractivity contribution in [2.24, 2.45) is 5.10 Å². The Morgan fingerprint density at radius 3 is 2.07 bits per heavy atom. The summed E-state index contributed by atoms with van der Waals surface area (Å²) in [7, 11) is -0.910. The van der Waals surface area contributed by atoms with Crippen molar-refractivity contribution in [2.75, 3.05) is 14.2 Å². The third kappa shape index (κ3) is 8.03. The molecule has 0 aliphatic heterocycles. The van der Waals surface area contributed by atoms with Crippen molar-refractivity contribution in [2.45, 2.75) is 11.8 Å². The zero-order valence-corrected chi connectivity index (χ0v) is 16.3. The molecule has 152 valence electrons. The van der Waals surface area contributed by atoms with Crippen LogP contribution < -0.4 is 20.4 Å². The Morgan fingerprint density at radius 2 is 1.64 bits per heavy atom. The Hall–Kier alpha value is -3.15. The first kappa shape index (κ1) is 22.9. The molecule has 11 heteroatoms. The minimum absolute atomic E-state index is 0.0666. The smallest absolute Gasteiger partial charge is 0.294 e. The lowest BCUT2D eigenvalue weighted by atomic mass is 10.2. The first-order valence-corrected chi connectivity index (χ1v) is 9.18. The molecule has 0 unspecified atom stereocenters. The van der Waals surface area contributed by atoms with Crippen LogP contribution in [0.3, 0.4) is 0 Å². The van der Waals surface area contributed by atoms with Gasteiger partial charge in [-0.25, -0.2) is 10.9 Å². The van der Waals surface area contributed by atoms with Gasteiger partial charge in [0.25, 0.3) is 10.1 Å². The van der Waals surface area contributed by atoms with Gasteiger partial charge in [0.15, 0.2) is 0 Å². The number of ether oxygens (including phenoxy) is 2. The summed E-state index contributed by atoms with van der Waals surface area (Å²) in [6, 6.07) is 11.2. The number of aryl methyl sites for hydroxylation is 1. The van der Waals surface area contributed by atoms with Crippen LogP contribution in [-0.4, -0.2) is 44.6 Å². The molecule has 2 rings (SSSR count). The molecule has 28 heavy (non-hydrogen) atoms. The van der Waals surface area contributed by atoms with E-state index in [0.717, 1.165) is 11.1 Å². The van der Waals surface area contributed by atoms with E-state index in [1.165, 1.54) is 18.3 Å². The lowest BCUT2D eigenvalue weighted by molar-refractivity contribution is 0.228. The van der Waals surface area contributed by atoms with Gasteiger partial charge in [-0.05, 0) is 31.2 Å². The molecule has 0 radical (unpaired) electrons. The first-order chi connectivity index (χ1) is 13.2. The van der Waals surface area contributed by atoms with Crippen LogP contribution in [0.2, 0.25) is 0 Å². The molecule has 0 atom stereocenters. The molecule has 2 aromatic carbocycles. The van der Waals surface area contributed by atoms with E-state index in [1.54, 1.807) is 50.0 Å². The highest BCUT2D eigenvalue weighted by Crippen LogP contribution is 2.21. The molecule has 0 aromatic heterocycles. The largest absolute Gasteiger partial charge is 0.497 e. The molecule has 0 amide bonds. The van der Waals surface area contributed by atoms with Gasteiger partial charge >= 0.3 is 0 Å². The maximum atomic E-state index is 10.5. The van der Waals surface area contributed by atoms with Crippen molar-refractivity contribution in [1.82, 2.24) is 10.9 Å². The van der Waals surface area contributed by atoms with Gasteiger partial charge in [0.1, 0.15) is 11.5 Å².